The van der Waals surface area contributed by atoms with E-state index in [1.165, 1.54) is 28.6 Å². The monoisotopic (exact) mass is 420 g/mol. The van der Waals surface area contributed by atoms with Gasteiger partial charge in [-0.05, 0) is 61.4 Å². The normalized spacial score (nSPS) is 19.6. The van der Waals surface area contributed by atoms with E-state index in [0.29, 0.717) is 19.0 Å². The third-order valence-corrected chi connectivity index (χ3v) is 8.74. The Balaban J connectivity index is 1.56. The van der Waals surface area contributed by atoms with E-state index in [0.717, 1.165) is 31.2 Å². The summed E-state index contributed by atoms with van der Waals surface area (Å²) in [5.41, 5.74) is 0.946. The van der Waals surface area contributed by atoms with Crippen LogP contribution in [0.5, 0.6) is 0 Å². The number of hydrogen-bond donors (Lipinski definition) is 1. The standard InChI is InChI=1S/C20H24N2O4S2/c23-27(24,21-20(17-8-9-17)16-6-2-1-3-7-16)18-10-12-19(13-11-18)28(25,26)22-14-4-5-15-22/h1-3,6-7,10-13,17,20-21H,4-5,8-9,14-15H2. The van der Waals surface area contributed by atoms with Crippen LogP contribution in [0.3, 0.4) is 0 Å². The molecule has 2 aromatic carbocycles. The lowest BCUT2D eigenvalue weighted by atomic mass is 10.0. The molecule has 1 saturated heterocycles. The summed E-state index contributed by atoms with van der Waals surface area (Å²) < 4.78 is 55.3. The van der Waals surface area contributed by atoms with Gasteiger partial charge >= 0.3 is 0 Å². The van der Waals surface area contributed by atoms with Crippen molar-refractivity contribution in [1.29, 1.82) is 0 Å². The van der Waals surface area contributed by atoms with Gasteiger partial charge in [0.1, 0.15) is 0 Å². The molecule has 0 aromatic heterocycles. The molecule has 150 valence electrons. The second kappa shape index (κ2) is 7.59. The van der Waals surface area contributed by atoms with E-state index >= 15 is 0 Å². The molecule has 4 rings (SSSR count). The van der Waals surface area contributed by atoms with Gasteiger partial charge in [0.25, 0.3) is 0 Å². The Labute approximate surface area is 166 Å². The van der Waals surface area contributed by atoms with E-state index in [-0.39, 0.29) is 15.8 Å². The van der Waals surface area contributed by atoms with Crippen LogP contribution in [-0.4, -0.2) is 34.2 Å². The number of benzene rings is 2. The Bertz CT molecular complexity index is 1030. The molecule has 0 amide bonds. The zero-order valence-electron chi connectivity index (χ0n) is 15.5. The van der Waals surface area contributed by atoms with Gasteiger partial charge in [0, 0.05) is 19.1 Å². The van der Waals surface area contributed by atoms with Gasteiger partial charge in [0.05, 0.1) is 9.79 Å². The van der Waals surface area contributed by atoms with E-state index in [4.69, 9.17) is 0 Å². The third-order valence-electron chi connectivity index (χ3n) is 5.37. The smallest absolute Gasteiger partial charge is 0.207 e. The highest BCUT2D eigenvalue weighted by atomic mass is 32.2. The highest BCUT2D eigenvalue weighted by Crippen LogP contribution is 2.41. The maximum Gasteiger partial charge on any atom is 0.243 e. The first-order valence-corrected chi connectivity index (χ1v) is 12.5. The van der Waals surface area contributed by atoms with Crippen molar-refractivity contribution in [3.8, 4) is 0 Å². The summed E-state index contributed by atoms with van der Waals surface area (Å²) in [6, 6.07) is 14.8. The van der Waals surface area contributed by atoms with E-state index in [2.05, 4.69) is 4.72 Å². The molecular weight excluding hydrogens is 396 g/mol. The molecule has 1 aliphatic carbocycles. The van der Waals surface area contributed by atoms with Crippen LogP contribution in [0.1, 0.15) is 37.3 Å². The fourth-order valence-electron chi connectivity index (χ4n) is 3.63. The van der Waals surface area contributed by atoms with Gasteiger partial charge in [-0.1, -0.05) is 30.3 Å². The molecule has 2 fully saturated rings. The summed E-state index contributed by atoms with van der Waals surface area (Å²) in [5.74, 6) is 0.298. The fourth-order valence-corrected chi connectivity index (χ4v) is 6.44. The van der Waals surface area contributed by atoms with Gasteiger partial charge in [-0.15, -0.1) is 0 Å². The van der Waals surface area contributed by atoms with Crippen LogP contribution in [0.25, 0.3) is 0 Å². The van der Waals surface area contributed by atoms with Crippen LogP contribution >= 0.6 is 0 Å². The lowest BCUT2D eigenvalue weighted by Gasteiger charge is -2.19. The third kappa shape index (κ3) is 4.00. The highest BCUT2D eigenvalue weighted by Gasteiger charge is 2.35. The van der Waals surface area contributed by atoms with Crippen molar-refractivity contribution in [1.82, 2.24) is 9.03 Å². The number of nitrogens with one attached hydrogen (secondary N) is 1. The predicted molar refractivity (Wildman–Crippen MR) is 107 cm³/mol. The zero-order valence-corrected chi connectivity index (χ0v) is 17.1. The minimum Gasteiger partial charge on any atom is -0.207 e. The second-order valence-corrected chi connectivity index (χ2v) is 11.1. The maximum atomic E-state index is 12.9. The Morgan fingerprint density at radius 2 is 1.39 bits per heavy atom. The van der Waals surface area contributed by atoms with Crippen molar-refractivity contribution in [3.63, 3.8) is 0 Å². The van der Waals surface area contributed by atoms with Gasteiger partial charge in [0.15, 0.2) is 0 Å². The summed E-state index contributed by atoms with van der Waals surface area (Å²) in [6.45, 7) is 1.04. The van der Waals surface area contributed by atoms with Crippen LogP contribution in [-0.2, 0) is 20.0 Å². The molecular formula is C20H24N2O4S2. The molecule has 1 aliphatic heterocycles. The van der Waals surface area contributed by atoms with E-state index < -0.39 is 20.0 Å². The van der Waals surface area contributed by atoms with Gasteiger partial charge in [0.2, 0.25) is 20.0 Å². The van der Waals surface area contributed by atoms with Gasteiger partial charge < -0.3 is 0 Å². The van der Waals surface area contributed by atoms with Crippen molar-refractivity contribution in [3.05, 3.63) is 60.2 Å². The second-order valence-electron chi connectivity index (χ2n) is 7.43. The summed E-state index contributed by atoms with van der Waals surface area (Å²) in [4.78, 5) is 0.213. The number of hydrogen-bond acceptors (Lipinski definition) is 4. The Morgan fingerprint density at radius 3 is 1.96 bits per heavy atom. The zero-order chi connectivity index (χ0) is 19.8. The minimum atomic E-state index is -3.75. The summed E-state index contributed by atoms with van der Waals surface area (Å²) in [6.07, 6.45) is 3.71. The summed E-state index contributed by atoms with van der Waals surface area (Å²) in [5, 5.41) is 0. The first kappa shape index (κ1) is 19.6. The van der Waals surface area contributed by atoms with Crippen LogP contribution in [0.4, 0.5) is 0 Å². The van der Waals surface area contributed by atoms with Crippen LogP contribution < -0.4 is 4.72 Å². The lowest BCUT2D eigenvalue weighted by molar-refractivity contribution is 0.477. The molecule has 8 heteroatoms. The van der Waals surface area contributed by atoms with Gasteiger partial charge in [-0.3, -0.25) is 0 Å². The number of nitrogens with zero attached hydrogens (tertiary/aromatic N) is 1. The van der Waals surface area contributed by atoms with Crippen LogP contribution in [0, 0.1) is 5.92 Å². The van der Waals surface area contributed by atoms with Crippen LogP contribution in [0.2, 0.25) is 0 Å². The maximum absolute atomic E-state index is 12.9. The molecule has 6 nitrogen and oxygen atoms in total. The molecule has 0 bridgehead atoms. The predicted octanol–water partition coefficient (Wildman–Crippen LogP) is 2.90. The Morgan fingerprint density at radius 1 is 0.821 bits per heavy atom. The summed E-state index contributed by atoms with van der Waals surface area (Å²) >= 11 is 0. The SMILES string of the molecule is O=S(=O)(NC(c1ccccc1)C1CC1)c1ccc(S(=O)(=O)N2CCCC2)cc1. The van der Waals surface area contributed by atoms with E-state index in [1.54, 1.807) is 0 Å². The Kier molecular flexibility index (Phi) is 5.30. The van der Waals surface area contributed by atoms with Crippen molar-refractivity contribution in [2.45, 2.75) is 41.5 Å². The molecule has 1 unspecified atom stereocenters. The molecule has 2 aliphatic rings. The Hall–Kier alpha value is -1.74. The topological polar surface area (TPSA) is 83.5 Å². The average molecular weight is 421 g/mol. The number of sulfonamides is 2. The van der Waals surface area contributed by atoms with Crippen molar-refractivity contribution in [2.75, 3.05) is 13.1 Å². The first-order valence-electron chi connectivity index (χ1n) is 9.55. The van der Waals surface area contributed by atoms with Gasteiger partial charge in [-0.2, -0.15) is 4.31 Å². The molecule has 0 radical (unpaired) electrons. The first-order chi connectivity index (χ1) is 13.4. The molecule has 1 atom stereocenters. The number of rotatable bonds is 7. The van der Waals surface area contributed by atoms with Crippen molar-refractivity contribution in [2.24, 2.45) is 5.92 Å². The fraction of sp³-hybridized carbons (Fsp3) is 0.400. The van der Waals surface area contributed by atoms with E-state index in [9.17, 15) is 16.8 Å². The largest absolute Gasteiger partial charge is 0.243 e. The molecule has 0 spiro atoms. The van der Waals surface area contributed by atoms with Crippen LogP contribution in [0.15, 0.2) is 64.4 Å². The molecule has 1 heterocycles. The highest BCUT2D eigenvalue weighted by molar-refractivity contribution is 7.89. The minimum absolute atomic E-state index is 0.0782. The molecule has 2 aromatic rings. The lowest BCUT2D eigenvalue weighted by Crippen LogP contribution is -2.30. The quantitative estimate of drug-likeness (QED) is 0.747. The van der Waals surface area contributed by atoms with E-state index in [1.807, 2.05) is 30.3 Å². The molecule has 28 heavy (non-hydrogen) atoms. The summed E-state index contributed by atoms with van der Waals surface area (Å²) in [7, 11) is -7.30. The average Bonchev–Trinajstić information content (AvgIpc) is 3.38. The molecule has 1 saturated carbocycles. The van der Waals surface area contributed by atoms with Crippen molar-refractivity contribution >= 4 is 20.0 Å². The van der Waals surface area contributed by atoms with Crippen molar-refractivity contribution < 1.29 is 16.8 Å². The molecule has 1 N–H and O–H groups in total. The van der Waals surface area contributed by atoms with Gasteiger partial charge in [-0.25, -0.2) is 21.6 Å².